The van der Waals surface area contributed by atoms with Gasteiger partial charge in [0.15, 0.2) is 16.6 Å². The molecule has 2 atom stereocenters. The molecule has 0 aliphatic rings. The predicted molar refractivity (Wildman–Crippen MR) is 100 cm³/mol. The lowest BCUT2D eigenvalue weighted by molar-refractivity contribution is 0.132. The summed E-state index contributed by atoms with van der Waals surface area (Å²) in [6, 6.07) is 9.36. The van der Waals surface area contributed by atoms with E-state index in [0.29, 0.717) is 27.1 Å². The van der Waals surface area contributed by atoms with Crippen LogP contribution in [0.4, 0.5) is 5.82 Å². The predicted octanol–water partition coefficient (Wildman–Crippen LogP) is 1.83. The average Bonchev–Trinajstić information content (AvgIpc) is 2.98. The first-order valence-corrected chi connectivity index (χ1v) is 9.50. The van der Waals surface area contributed by atoms with Crippen molar-refractivity contribution in [3.63, 3.8) is 0 Å². The van der Waals surface area contributed by atoms with Gasteiger partial charge >= 0.3 is 4.87 Å². The van der Waals surface area contributed by atoms with Gasteiger partial charge in [-0.05, 0) is 12.5 Å². The molecule has 2 aromatic heterocycles. The van der Waals surface area contributed by atoms with Crippen LogP contribution in [0.15, 0.2) is 40.3 Å². The maximum atomic E-state index is 11.7. The van der Waals surface area contributed by atoms with Gasteiger partial charge in [-0.15, -0.1) is 0 Å². The number of aliphatic hydroxyl groups excluding tert-OH is 2. The molecule has 0 fully saturated rings. The minimum absolute atomic E-state index is 0.227. The van der Waals surface area contributed by atoms with Crippen LogP contribution in [-0.4, -0.2) is 43.9 Å². The number of aliphatic hydroxyl groups is 2. The van der Waals surface area contributed by atoms with E-state index >= 15 is 0 Å². The Morgan fingerprint density at radius 2 is 2.08 bits per heavy atom. The number of thiazole rings is 1. The van der Waals surface area contributed by atoms with Gasteiger partial charge in [-0.3, -0.25) is 9.78 Å². The van der Waals surface area contributed by atoms with Gasteiger partial charge in [-0.25, -0.2) is 9.97 Å². The van der Waals surface area contributed by atoms with Crippen molar-refractivity contribution < 1.29 is 10.2 Å². The summed E-state index contributed by atoms with van der Waals surface area (Å²) in [4.78, 5) is 23.0. The van der Waals surface area contributed by atoms with Crippen molar-refractivity contribution in [1.82, 2.24) is 15.0 Å². The van der Waals surface area contributed by atoms with Gasteiger partial charge in [0.2, 0.25) is 0 Å². The zero-order valence-corrected chi connectivity index (χ0v) is 15.1. The van der Waals surface area contributed by atoms with E-state index in [-0.39, 0.29) is 11.5 Å². The van der Waals surface area contributed by atoms with E-state index in [1.807, 2.05) is 30.3 Å². The van der Waals surface area contributed by atoms with Gasteiger partial charge in [0.25, 0.3) is 0 Å². The molecule has 25 heavy (non-hydrogen) atoms. The SMILES string of the molecule is CC(O)C(CO)Nc1nc(SCc2ccccc2)nc2[nH]c(=O)sc12. The number of rotatable bonds is 7. The highest BCUT2D eigenvalue weighted by Crippen LogP contribution is 2.27. The zero-order chi connectivity index (χ0) is 17.8. The zero-order valence-electron chi connectivity index (χ0n) is 13.5. The Balaban J connectivity index is 1.90. The van der Waals surface area contributed by atoms with E-state index < -0.39 is 12.1 Å². The van der Waals surface area contributed by atoms with Gasteiger partial charge < -0.3 is 15.5 Å². The maximum absolute atomic E-state index is 11.7. The second-order valence-electron chi connectivity index (χ2n) is 5.50. The lowest BCUT2D eigenvalue weighted by Gasteiger charge is -2.20. The first-order chi connectivity index (χ1) is 12.1. The van der Waals surface area contributed by atoms with Gasteiger partial charge in [0.05, 0.1) is 18.8 Å². The van der Waals surface area contributed by atoms with Crippen LogP contribution >= 0.6 is 23.1 Å². The third kappa shape index (κ3) is 4.37. The number of hydrogen-bond acceptors (Lipinski definition) is 8. The molecule has 2 unspecified atom stereocenters. The van der Waals surface area contributed by atoms with Crippen molar-refractivity contribution in [3.05, 3.63) is 45.6 Å². The lowest BCUT2D eigenvalue weighted by Crippen LogP contribution is -2.35. The number of fused-ring (bicyclic) bond motifs is 1. The third-order valence-corrected chi connectivity index (χ3v) is 5.37. The molecule has 7 nitrogen and oxygen atoms in total. The molecule has 0 spiro atoms. The molecular weight excluding hydrogens is 360 g/mol. The van der Waals surface area contributed by atoms with E-state index in [0.717, 1.165) is 16.9 Å². The molecule has 0 aliphatic heterocycles. The molecule has 4 N–H and O–H groups in total. The Kier molecular flexibility index (Phi) is 5.69. The number of H-pyrrole nitrogens is 1. The smallest absolute Gasteiger partial charge is 0.306 e. The summed E-state index contributed by atoms with van der Waals surface area (Å²) in [6.45, 7) is 1.33. The molecule has 0 radical (unpaired) electrons. The van der Waals surface area contributed by atoms with Crippen LogP contribution in [0.1, 0.15) is 12.5 Å². The van der Waals surface area contributed by atoms with Crippen molar-refractivity contribution in [2.75, 3.05) is 11.9 Å². The number of thioether (sulfide) groups is 1. The second kappa shape index (κ2) is 7.96. The topological polar surface area (TPSA) is 111 Å². The van der Waals surface area contributed by atoms with Gasteiger partial charge in [0.1, 0.15) is 4.70 Å². The standard InChI is InChI=1S/C16H18N4O3S2/c1-9(22)11(7-21)17-13-12-14(20-16(23)25-12)19-15(18-13)24-8-10-5-3-2-4-6-10/h2-6,9,11,21-22H,7-8H2,1H3,(H2,17,18,19,20,23). The van der Waals surface area contributed by atoms with Crippen molar-refractivity contribution in [2.45, 2.75) is 30.0 Å². The number of nitrogens with zero attached hydrogens (tertiary/aromatic N) is 2. The number of aromatic amines is 1. The fourth-order valence-corrected chi connectivity index (χ4v) is 3.73. The highest BCUT2D eigenvalue weighted by Gasteiger charge is 2.18. The molecule has 0 saturated heterocycles. The number of benzene rings is 1. The Morgan fingerprint density at radius 1 is 1.32 bits per heavy atom. The highest BCUT2D eigenvalue weighted by molar-refractivity contribution is 7.98. The monoisotopic (exact) mass is 378 g/mol. The Morgan fingerprint density at radius 3 is 2.76 bits per heavy atom. The van der Waals surface area contributed by atoms with Crippen molar-refractivity contribution in [2.24, 2.45) is 0 Å². The molecular formula is C16H18N4O3S2. The Hall–Kier alpha value is -1.94. The average molecular weight is 378 g/mol. The number of anilines is 1. The fourth-order valence-electron chi connectivity index (χ4n) is 2.21. The summed E-state index contributed by atoms with van der Waals surface area (Å²) < 4.78 is 0.577. The van der Waals surface area contributed by atoms with Crippen molar-refractivity contribution in [3.8, 4) is 0 Å². The number of nitrogens with one attached hydrogen (secondary N) is 2. The normalized spacial score (nSPS) is 13.7. The quantitative estimate of drug-likeness (QED) is 0.367. The van der Waals surface area contributed by atoms with E-state index in [2.05, 4.69) is 20.3 Å². The summed E-state index contributed by atoms with van der Waals surface area (Å²) >= 11 is 2.45. The van der Waals surface area contributed by atoms with E-state index in [4.69, 9.17) is 0 Å². The molecule has 0 bridgehead atoms. The maximum Gasteiger partial charge on any atom is 0.306 e. The van der Waals surface area contributed by atoms with Crippen molar-refractivity contribution in [1.29, 1.82) is 0 Å². The third-order valence-electron chi connectivity index (χ3n) is 3.57. The molecule has 0 amide bonds. The summed E-state index contributed by atoms with van der Waals surface area (Å²) in [6.07, 6.45) is -0.772. The van der Waals surface area contributed by atoms with Crippen LogP contribution in [-0.2, 0) is 5.75 Å². The molecule has 2 heterocycles. The Labute approximate surface area is 152 Å². The van der Waals surface area contributed by atoms with Crippen LogP contribution < -0.4 is 10.2 Å². The first-order valence-electron chi connectivity index (χ1n) is 7.70. The minimum atomic E-state index is -0.772. The lowest BCUT2D eigenvalue weighted by atomic mass is 10.2. The first kappa shape index (κ1) is 17.9. The van der Waals surface area contributed by atoms with Crippen molar-refractivity contribution >= 4 is 39.3 Å². The molecule has 0 saturated carbocycles. The summed E-state index contributed by atoms with van der Waals surface area (Å²) in [5, 5.41) is 22.7. The highest BCUT2D eigenvalue weighted by atomic mass is 32.2. The largest absolute Gasteiger partial charge is 0.394 e. The van der Waals surface area contributed by atoms with E-state index in [1.165, 1.54) is 11.8 Å². The van der Waals surface area contributed by atoms with Crippen LogP contribution in [0.25, 0.3) is 10.3 Å². The molecule has 9 heteroatoms. The molecule has 0 aliphatic carbocycles. The summed E-state index contributed by atoms with van der Waals surface area (Å²) in [7, 11) is 0. The van der Waals surface area contributed by atoms with Crippen LogP contribution in [0.3, 0.4) is 0 Å². The van der Waals surface area contributed by atoms with Gasteiger partial charge in [-0.2, -0.15) is 0 Å². The van der Waals surface area contributed by atoms with Gasteiger partial charge in [-0.1, -0.05) is 53.4 Å². The van der Waals surface area contributed by atoms with Crippen LogP contribution in [0.2, 0.25) is 0 Å². The summed E-state index contributed by atoms with van der Waals surface area (Å²) in [5.41, 5.74) is 1.59. The molecule has 132 valence electrons. The summed E-state index contributed by atoms with van der Waals surface area (Å²) in [5.74, 6) is 1.13. The van der Waals surface area contributed by atoms with Gasteiger partial charge in [0, 0.05) is 5.75 Å². The van der Waals surface area contributed by atoms with E-state index in [1.54, 1.807) is 6.92 Å². The molecule has 1 aromatic carbocycles. The minimum Gasteiger partial charge on any atom is -0.394 e. The van der Waals surface area contributed by atoms with E-state index in [9.17, 15) is 15.0 Å². The molecule has 3 rings (SSSR count). The van der Waals surface area contributed by atoms with Crippen LogP contribution in [0.5, 0.6) is 0 Å². The fraction of sp³-hybridized carbons (Fsp3) is 0.312. The number of hydrogen-bond donors (Lipinski definition) is 4. The number of aromatic nitrogens is 3. The second-order valence-corrected chi connectivity index (χ2v) is 7.42. The Bertz CT molecular complexity index is 895. The van der Waals surface area contributed by atoms with Crippen LogP contribution in [0, 0.1) is 0 Å². The molecule has 3 aromatic rings.